The van der Waals surface area contributed by atoms with Crippen LogP contribution in [0.25, 0.3) is 11.1 Å². The Kier molecular flexibility index (Phi) is 5.08. The molecule has 0 atom stereocenters. The predicted octanol–water partition coefficient (Wildman–Crippen LogP) is 5.32. The zero-order valence-corrected chi connectivity index (χ0v) is 14.6. The first-order valence-electron chi connectivity index (χ1n) is 7.29. The summed E-state index contributed by atoms with van der Waals surface area (Å²) in [4.78, 5) is 12.0. The Morgan fingerprint density at radius 3 is 2.04 bits per heavy atom. The summed E-state index contributed by atoms with van der Waals surface area (Å²) in [5, 5.41) is 0. The Hall–Kier alpha value is -2.14. The first-order valence-corrected chi connectivity index (χ1v) is 8.37. The van der Waals surface area contributed by atoms with Gasteiger partial charge in [-0.25, -0.2) is 4.79 Å². The van der Waals surface area contributed by atoms with Crippen molar-refractivity contribution in [3.63, 3.8) is 0 Å². The third kappa shape index (κ3) is 4.20. The minimum absolute atomic E-state index is 0.278. The van der Waals surface area contributed by atoms with Gasteiger partial charge in [0.25, 0.3) is 0 Å². The van der Waals surface area contributed by atoms with E-state index in [2.05, 4.69) is 34.7 Å². The van der Waals surface area contributed by atoms with Gasteiger partial charge in [0.15, 0.2) is 0 Å². The molecule has 0 aliphatic heterocycles. The van der Waals surface area contributed by atoms with Crippen LogP contribution in [0.2, 0.25) is 0 Å². The Labute approximate surface area is 149 Å². The van der Waals surface area contributed by atoms with E-state index in [9.17, 15) is 4.79 Å². The van der Waals surface area contributed by atoms with Crippen molar-refractivity contribution in [2.75, 3.05) is 0 Å². The summed E-state index contributed by atoms with van der Waals surface area (Å²) in [6, 6.07) is 25.6. The number of carbonyl (C=O) groups is 1. The van der Waals surface area contributed by atoms with E-state index in [1.807, 2.05) is 54.6 Å². The molecule has 0 N–H and O–H groups in total. The number of hydrogen-bond donors (Lipinski definition) is 0. The van der Waals surface area contributed by atoms with Crippen molar-refractivity contribution in [2.24, 2.45) is 0 Å². The van der Waals surface area contributed by atoms with Gasteiger partial charge in [-0.3, -0.25) is 0 Å². The van der Waals surface area contributed by atoms with Crippen LogP contribution < -0.4 is 0 Å². The van der Waals surface area contributed by atoms with Crippen molar-refractivity contribution in [3.05, 3.63) is 93.6 Å². The molecule has 0 fully saturated rings. The van der Waals surface area contributed by atoms with Gasteiger partial charge in [-0.15, -0.1) is 0 Å². The summed E-state index contributed by atoms with van der Waals surface area (Å²) in [7, 11) is 0. The van der Waals surface area contributed by atoms with Crippen molar-refractivity contribution in [1.29, 1.82) is 0 Å². The number of benzene rings is 3. The van der Waals surface area contributed by atoms with Gasteiger partial charge >= 0.3 is 5.97 Å². The Morgan fingerprint density at radius 2 is 1.39 bits per heavy atom. The average molecular weight is 414 g/mol. The lowest BCUT2D eigenvalue weighted by Crippen LogP contribution is -2.05. The third-order valence-electron chi connectivity index (χ3n) is 3.51. The molecule has 0 aliphatic carbocycles. The first-order chi connectivity index (χ1) is 11.2. The van der Waals surface area contributed by atoms with Crippen molar-refractivity contribution < 1.29 is 9.53 Å². The molecule has 0 aliphatic rings. The minimum atomic E-state index is -0.298. The molecular weight excluding hydrogens is 399 g/mol. The van der Waals surface area contributed by atoms with Crippen LogP contribution in [0.1, 0.15) is 15.9 Å². The normalized spacial score (nSPS) is 10.3. The molecule has 0 bridgehead atoms. The molecule has 3 aromatic carbocycles. The first kappa shape index (κ1) is 15.7. The molecule has 0 saturated carbocycles. The van der Waals surface area contributed by atoms with Gasteiger partial charge in [0.2, 0.25) is 0 Å². The number of esters is 1. The van der Waals surface area contributed by atoms with Gasteiger partial charge in [0, 0.05) is 3.57 Å². The monoisotopic (exact) mass is 414 g/mol. The number of hydrogen-bond acceptors (Lipinski definition) is 2. The molecular formula is C20H15IO2. The maximum atomic E-state index is 12.0. The van der Waals surface area contributed by atoms with Crippen LogP contribution in [-0.4, -0.2) is 5.97 Å². The SMILES string of the molecule is O=C(OCc1ccc(-c2ccccc2)cc1)c1ccc(I)cc1. The van der Waals surface area contributed by atoms with E-state index < -0.39 is 0 Å². The molecule has 3 aromatic rings. The zero-order valence-electron chi connectivity index (χ0n) is 12.4. The fourth-order valence-electron chi connectivity index (χ4n) is 2.24. The molecule has 0 amide bonds. The van der Waals surface area contributed by atoms with Crippen molar-refractivity contribution >= 4 is 28.6 Å². The lowest BCUT2D eigenvalue weighted by Gasteiger charge is -2.07. The van der Waals surface area contributed by atoms with E-state index in [-0.39, 0.29) is 12.6 Å². The van der Waals surface area contributed by atoms with Crippen LogP contribution in [0.5, 0.6) is 0 Å². The molecule has 3 rings (SSSR count). The van der Waals surface area contributed by atoms with Gasteiger partial charge in [0.05, 0.1) is 5.56 Å². The smallest absolute Gasteiger partial charge is 0.338 e. The standard InChI is InChI=1S/C20H15IO2/c21-19-12-10-18(11-13-19)20(22)23-14-15-6-8-17(9-7-15)16-4-2-1-3-5-16/h1-13H,14H2. The molecule has 0 unspecified atom stereocenters. The largest absolute Gasteiger partial charge is 0.457 e. The van der Waals surface area contributed by atoms with Crippen molar-refractivity contribution in [3.8, 4) is 11.1 Å². The summed E-state index contributed by atoms with van der Waals surface area (Å²) < 4.78 is 6.45. The molecule has 0 spiro atoms. The highest BCUT2D eigenvalue weighted by Gasteiger charge is 2.07. The second-order valence-electron chi connectivity index (χ2n) is 5.15. The van der Waals surface area contributed by atoms with Gasteiger partial charge in [-0.05, 0) is 63.5 Å². The second kappa shape index (κ2) is 7.42. The van der Waals surface area contributed by atoms with E-state index in [0.717, 1.165) is 14.7 Å². The number of rotatable bonds is 4. The van der Waals surface area contributed by atoms with Crippen LogP contribution in [0.4, 0.5) is 0 Å². The Balaban J connectivity index is 1.62. The second-order valence-corrected chi connectivity index (χ2v) is 6.39. The molecule has 2 nitrogen and oxygen atoms in total. The highest BCUT2D eigenvalue weighted by atomic mass is 127. The summed E-state index contributed by atoms with van der Waals surface area (Å²) in [5.41, 5.74) is 3.88. The van der Waals surface area contributed by atoms with Crippen molar-refractivity contribution in [1.82, 2.24) is 0 Å². The topological polar surface area (TPSA) is 26.3 Å². The van der Waals surface area contributed by atoms with E-state index in [0.29, 0.717) is 5.56 Å². The van der Waals surface area contributed by atoms with Gasteiger partial charge in [-0.1, -0.05) is 54.6 Å². The van der Waals surface area contributed by atoms with E-state index in [1.165, 1.54) is 5.56 Å². The average Bonchev–Trinajstić information content (AvgIpc) is 2.61. The lowest BCUT2D eigenvalue weighted by molar-refractivity contribution is 0.0472. The molecule has 114 valence electrons. The summed E-state index contributed by atoms with van der Waals surface area (Å²) in [5.74, 6) is -0.298. The zero-order chi connectivity index (χ0) is 16.1. The van der Waals surface area contributed by atoms with E-state index in [1.54, 1.807) is 12.1 Å². The third-order valence-corrected chi connectivity index (χ3v) is 4.23. The van der Waals surface area contributed by atoms with Gasteiger partial charge in [0.1, 0.15) is 6.61 Å². The molecule has 0 radical (unpaired) electrons. The fourth-order valence-corrected chi connectivity index (χ4v) is 2.60. The summed E-state index contributed by atoms with van der Waals surface area (Å²) >= 11 is 2.21. The highest BCUT2D eigenvalue weighted by Crippen LogP contribution is 2.19. The summed E-state index contributed by atoms with van der Waals surface area (Å²) in [6.45, 7) is 0.278. The highest BCUT2D eigenvalue weighted by molar-refractivity contribution is 14.1. The van der Waals surface area contributed by atoms with Gasteiger partial charge in [-0.2, -0.15) is 0 Å². The van der Waals surface area contributed by atoms with Crippen LogP contribution in [0, 0.1) is 3.57 Å². The molecule has 3 heteroatoms. The van der Waals surface area contributed by atoms with Crippen LogP contribution >= 0.6 is 22.6 Å². The van der Waals surface area contributed by atoms with Crippen LogP contribution in [0.15, 0.2) is 78.9 Å². The van der Waals surface area contributed by atoms with E-state index >= 15 is 0 Å². The maximum Gasteiger partial charge on any atom is 0.338 e. The number of ether oxygens (including phenoxy) is 1. The Bertz CT molecular complexity index is 778. The number of halogens is 1. The maximum absolute atomic E-state index is 12.0. The molecule has 0 heterocycles. The summed E-state index contributed by atoms with van der Waals surface area (Å²) in [6.07, 6.45) is 0. The quantitative estimate of drug-likeness (QED) is 0.427. The lowest BCUT2D eigenvalue weighted by atomic mass is 10.0. The van der Waals surface area contributed by atoms with Crippen LogP contribution in [0.3, 0.4) is 0 Å². The minimum Gasteiger partial charge on any atom is -0.457 e. The predicted molar refractivity (Wildman–Crippen MR) is 100 cm³/mol. The molecule has 0 aromatic heterocycles. The van der Waals surface area contributed by atoms with Crippen molar-refractivity contribution in [2.45, 2.75) is 6.61 Å². The molecule has 0 saturated heterocycles. The van der Waals surface area contributed by atoms with E-state index in [4.69, 9.17) is 4.74 Å². The molecule has 23 heavy (non-hydrogen) atoms. The van der Waals surface area contributed by atoms with Gasteiger partial charge < -0.3 is 4.74 Å². The Morgan fingerprint density at radius 1 is 0.783 bits per heavy atom. The number of carbonyl (C=O) groups excluding carboxylic acids is 1. The fraction of sp³-hybridized carbons (Fsp3) is 0.0500. The van der Waals surface area contributed by atoms with Crippen LogP contribution in [-0.2, 0) is 11.3 Å².